The second kappa shape index (κ2) is 6.53. The highest BCUT2D eigenvalue weighted by Gasteiger charge is 2.32. The second-order valence-corrected chi connectivity index (χ2v) is 5.15. The number of pyridine rings is 1. The largest absolute Gasteiger partial charge is 0.478 e. The molecule has 0 bridgehead atoms. The maximum absolute atomic E-state index is 12.3. The minimum absolute atomic E-state index is 0.00844. The molecule has 7 heteroatoms. The van der Waals surface area contributed by atoms with Gasteiger partial charge in [-0.3, -0.25) is 9.78 Å². The van der Waals surface area contributed by atoms with Gasteiger partial charge in [0.05, 0.1) is 30.7 Å². The van der Waals surface area contributed by atoms with Crippen LogP contribution in [0.25, 0.3) is 0 Å². The fourth-order valence-electron chi connectivity index (χ4n) is 2.29. The number of aromatic carboxylic acids is 1. The Morgan fingerprint density at radius 1 is 1.52 bits per heavy atom. The van der Waals surface area contributed by atoms with Crippen molar-refractivity contribution in [2.75, 3.05) is 24.7 Å². The van der Waals surface area contributed by atoms with E-state index in [0.717, 1.165) is 0 Å². The molecule has 2 N–H and O–H groups in total. The number of carbonyl (C=O) groups is 2. The van der Waals surface area contributed by atoms with Gasteiger partial charge in [-0.2, -0.15) is 0 Å². The van der Waals surface area contributed by atoms with Crippen LogP contribution in [0.3, 0.4) is 0 Å². The molecule has 0 aliphatic carbocycles. The van der Waals surface area contributed by atoms with Crippen molar-refractivity contribution in [3.8, 4) is 0 Å². The number of amides is 1. The smallest absolute Gasteiger partial charge is 0.337 e. The monoisotopic (exact) mass is 293 g/mol. The van der Waals surface area contributed by atoms with Gasteiger partial charge >= 0.3 is 5.97 Å². The first kappa shape index (κ1) is 15.2. The highest BCUT2D eigenvalue weighted by molar-refractivity contribution is 5.96. The summed E-state index contributed by atoms with van der Waals surface area (Å²) in [6.45, 7) is 4.87. The third-order valence-corrected chi connectivity index (χ3v) is 3.20. The Kier molecular flexibility index (Phi) is 4.74. The Labute approximate surface area is 122 Å². The third kappa shape index (κ3) is 3.49. The summed E-state index contributed by atoms with van der Waals surface area (Å²) in [6.07, 6.45) is 2.90. The van der Waals surface area contributed by atoms with Gasteiger partial charge in [-0.25, -0.2) is 4.79 Å². The van der Waals surface area contributed by atoms with Gasteiger partial charge in [-0.05, 0) is 19.9 Å². The average Bonchev–Trinajstić information content (AvgIpc) is 2.46. The number of aromatic nitrogens is 1. The first-order valence-electron chi connectivity index (χ1n) is 6.82. The molecule has 0 radical (unpaired) electrons. The van der Waals surface area contributed by atoms with Crippen LogP contribution in [0, 0.1) is 0 Å². The fraction of sp³-hybridized carbons (Fsp3) is 0.500. The Morgan fingerprint density at radius 2 is 2.29 bits per heavy atom. The summed E-state index contributed by atoms with van der Waals surface area (Å²) >= 11 is 0. The maximum atomic E-state index is 12.3. The summed E-state index contributed by atoms with van der Waals surface area (Å²) in [4.78, 5) is 29.3. The maximum Gasteiger partial charge on any atom is 0.337 e. The standard InChI is InChI=1S/C14H19N3O4/c1-9(2)16-13(18)12-8-21-6-5-17(12)11-7-15-4-3-10(11)14(19)20/h3-4,7,9,12H,5-6,8H2,1-2H3,(H,16,18)(H,19,20). The van der Waals surface area contributed by atoms with Crippen LogP contribution in [0.15, 0.2) is 18.5 Å². The molecule has 1 aliphatic rings. The van der Waals surface area contributed by atoms with Crippen LogP contribution in [-0.2, 0) is 9.53 Å². The van der Waals surface area contributed by atoms with E-state index in [0.29, 0.717) is 18.8 Å². The van der Waals surface area contributed by atoms with Gasteiger partial charge in [-0.1, -0.05) is 0 Å². The van der Waals surface area contributed by atoms with Crippen LogP contribution in [-0.4, -0.2) is 53.8 Å². The Balaban J connectivity index is 2.31. The minimum atomic E-state index is -1.04. The molecule has 2 heterocycles. The Hall–Kier alpha value is -2.15. The molecule has 0 spiro atoms. The summed E-state index contributed by atoms with van der Waals surface area (Å²) in [5.41, 5.74) is 0.575. The predicted molar refractivity (Wildman–Crippen MR) is 76.4 cm³/mol. The van der Waals surface area contributed by atoms with Crippen LogP contribution in [0.1, 0.15) is 24.2 Å². The van der Waals surface area contributed by atoms with Crippen molar-refractivity contribution in [1.29, 1.82) is 0 Å². The quantitative estimate of drug-likeness (QED) is 0.840. The molecular formula is C14H19N3O4. The van der Waals surface area contributed by atoms with Crippen LogP contribution >= 0.6 is 0 Å². The van der Waals surface area contributed by atoms with Crippen LogP contribution in [0.5, 0.6) is 0 Å². The minimum Gasteiger partial charge on any atom is -0.478 e. The van der Waals surface area contributed by atoms with Gasteiger partial charge in [0.1, 0.15) is 6.04 Å². The lowest BCUT2D eigenvalue weighted by molar-refractivity contribution is -0.125. The van der Waals surface area contributed by atoms with Crippen LogP contribution in [0.4, 0.5) is 5.69 Å². The lowest BCUT2D eigenvalue weighted by Gasteiger charge is -2.37. The number of rotatable bonds is 4. The topological polar surface area (TPSA) is 91.8 Å². The van der Waals surface area contributed by atoms with Gasteiger partial charge in [0.25, 0.3) is 0 Å². The molecule has 7 nitrogen and oxygen atoms in total. The first-order chi connectivity index (χ1) is 10.0. The molecule has 114 valence electrons. The number of ether oxygens (including phenoxy) is 1. The third-order valence-electron chi connectivity index (χ3n) is 3.20. The lowest BCUT2D eigenvalue weighted by atomic mass is 10.1. The number of hydrogen-bond acceptors (Lipinski definition) is 5. The van der Waals surface area contributed by atoms with E-state index in [2.05, 4.69) is 10.3 Å². The number of carboxylic acid groups (broad SMARTS) is 1. The number of hydrogen-bond donors (Lipinski definition) is 2. The zero-order valence-electron chi connectivity index (χ0n) is 12.1. The number of nitrogens with one attached hydrogen (secondary N) is 1. The summed E-state index contributed by atoms with van der Waals surface area (Å²) in [6, 6.07) is 0.891. The number of morpholine rings is 1. The number of nitrogens with zero attached hydrogens (tertiary/aromatic N) is 2. The van der Waals surface area contributed by atoms with Gasteiger partial charge in [0.15, 0.2) is 0 Å². The Morgan fingerprint density at radius 3 is 2.95 bits per heavy atom. The molecule has 1 aromatic rings. The lowest BCUT2D eigenvalue weighted by Crippen LogP contribution is -2.55. The zero-order chi connectivity index (χ0) is 15.4. The van der Waals surface area contributed by atoms with Crippen molar-refractivity contribution in [3.05, 3.63) is 24.0 Å². The van der Waals surface area contributed by atoms with E-state index in [4.69, 9.17) is 4.74 Å². The molecule has 1 amide bonds. The highest BCUT2D eigenvalue weighted by atomic mass is 16.5. The highest BCUT2D eigenvalue weighted by Crippen LogP contribution is 2.23. The number of carbonyl (C=O) groups excluding carboxylic acids is 1. The fourth-order valence-corrected chi connectivity index (χ4v) is 2.29. The SMILES string of the molecule is CC(C)NC(=O)C1COCCN1c1cnccc1C(=O)O. The molecule has 1 aromatic heterocycles. The summed E-state index contributed by atoms with van der Waals surface area (Å²) in [5, 5.41) is 12.1. The van der Waals surface area contributed by atoms with Crippen molar-refractivity contribution in [2.45, 2.75) is 25.9 Å². The summed E-state index contributed by atoms with van der Waals surface area (Å²) in [7, 11) is 0. The molecule has 1 saturated heterocycles. The molecule has 1 atom stereocenters. The number of carboxylic acids is 1. The molecule has 0 aromatic carbocycles. The molecule has 0 saturated carbocycles. The van der Waals surface area contributed by atoms with E-state index >= 15 is 0 Å². The molecule has 21 heavy (non-hydrogen) atoms. The predicted octanol–water partition coefficient (Wildman–Crippen LogP) is 0.510. The van der Waals surface area contributed by atoms with Crippen molar-refractivity contribution >= 4 is 17.6 Å². The van der Waals surface area contributed by atoms with Gasteiger partial charge in [-0.15, -0.1) is 0 Å². The first-order valence-corrected chi connectivity index (χ1v) is 6.82. The second-order valence-electron chi connectivity index (χ2n) is 5.15. The van der Waals surface area contributed by atoms with Gasteiger partial charge in [0.2, 0.25) is 5.91 Å². The van der Waals surface area contributed by atoms with E-state index in [1.54, 1.807) is 4.90 Å². The van der Waals surface area contributed by atoms with E-state index in [1.807, 2.05) is 13.8 Å². The van der Waals surface area contributed by atoms with Crippen molar-refractivity contribution in [3.63, 3.8) is 0 Å². The summed E-state index contributed by atoms with van der Waals surface area (Å²) in [5.74, 6) is -1.22. The normalized spacial score (nSPS) is 18.6. The van der Waals surface area contributed by atoms with Crippen molar-refractivity contribution < 1.29 is 19.4 Å². The van der Waals surface area contributed by atoms with E-state index < -0.39 is 12.0 Å². The van der Waals surface area contributed by atoms with E-state index in [9.17, 15) is 14.7 Å². The van der Waals surface area contributed by atoms with E-state index in [1.165, 1.54) is 18.5 Å². The summed E-state index contributed by atoms with van der Waals surface area (Å²) < 4.78 is 5.37. The van der Waals surface area contributed by atoms with Crippen molar-refractivity contribution in [2.24, 2.45) is 0 Å². The van der Waals surface area contributed by atoms with Crippen molar-refractivity contribution in [1.82, 2.24) is 10.3 Å². The van der Waals surface area contributed by atoms with Crippen LogP contribution in [0.2, 0.25) is 0 Å². The Bertz CT molecular complexity index is 533. The number of anilines is 1. The molecular weight excluding hydrogens is 274 g/mol. The average molecular weight is 293 g/mol. The zero-order valence-corrected chi connectivity index (χ0v) is 12.1. The van der Waals surface area contributed by atoms with Crippen LogP contribution < -0.4 is 10.2 Å². The molecule has 2 rings (SSSR count). The van der Waals surface area contributed by atoms with Gasteiger partial charge in [0, 0.05) is 18.8 Å². The molecule has 1 fully saturated rings. The molecule has 1 aliphatic heterocycles. The molecule has 1 unspecified atom stereocenters. The van der Waals surface area contributed by atoms with Gasteiger partial charge < -0.3 is 20.1 Å². The van der Waals surface area contributed by atoms with E-state index in [-0.39, 0.29) is 24.1 Å².